The molecule has 1 heterocycles. The Morgan fingerprint density at radius 3 is 2.74 bits per heavy atom. The molecule has 130 valence electrons. The minimum absolute atomic E-state index is 0. The van der Waals surface area contributed by atoms with E-state index in [9.17, 15) is 0 Å². The van der Waals surface area contributed by atoms with Gasteiger partial charge in [-0.2, -0.15) is 0 Å². The molecule has 2 rings (SSSR count). The third-order valence-corrected chi connectivity index (χ3v) is 4.02. The predicted molar refractivity (Wildman–Crippen MR) is 108 cm³/mol. The SMILES string of the molecule is CN=C(NCC(C)C)N1CCOC(c2ccc(C)cc2C)C1.I. The number of rotatable bonds is 3. The highest BCUT2D eigenvalue weighted by Crippen LogP contribution is 2.25. The van der Waals surface area contributed by atoms with E-state index in [2.05, 4.69) is 61.1 Å². The van der Waals surface area contributed by atoms with Gasteiger partial charge in [0.2, 0.25) is 0 Å². The Bertz CT molecular complexity index is 531. The van der Waals surface area contributed by atoms with Crippen LogP contribution in [0, 0.1) is 19.8 Å². The molecule has 0 spiro atoms. The summed E-state index contributed by atoms with van der Waals surface area (Å²) in [5, 5.41) is 3.45. The molecule has 1 aromatic carbocycles. The highest BCUT2D eigenvalue weighted by molar-refractivity contribution is 14.0. The van der Waals surface area contributed by atoms with Crippen LogP contribution in [0.3, 0.4) is 0 Å². The molecule has 1 atom stereocenters. The Kier molecular flexibility index (Phi) is 8.33. The molecule has 1 fully saturated rings. The monoisotopic (exact) mass is 431 g/mol. The lowest BCUT2D eigenvalue weighted by molar-refractivity contribution is -0.00835. The molecule has 0 saturated carbocycles. The maximum atomic E-state index is 6.01. The van der Waals surface area contributed by atoms with Gasteiger partial charge in [-0.3, -0.25) is 4.99 Å². The van der Waals surface area contributed by atoms with Crippen LogP contribution in [0.25, 0.3) is 0 Å². The molecule has 1 aliphatic heterocycles. The summed E-state index contributed by atoms with van der Waals surface area (Å²) in [6.45, 7) is 12.1. The van der Waals surface area contributed by atoms with Gasteiger partial charge in [0.05, 0.1) is 13.2 Å². The van der Waals surface area contributed by atoms with Gasteiger partial charge in [0.1, 0.15) is 6.10 Å². The fourth-order valence-corrected chi connectivity index (χ4v) is 2.84. The Balaban J connectivity index is 0.00000264. The van der Waals surface area contributed by atoms with Gasteiger partial charge in [-0.05, 0) is 30.9 Å². The van der Waals surface area contributed by atoms with E-state index >= 15 is 0 Å². The van der Waals surface area contributed by atoms with Gasteiger partial charge in [-0.15, -0.1) is 24.0 Å². The minimum atomic E-state index is 0. The molecule has 5 heteroatoms. The van der Waals surface area contributed by atoms with Crippen LogP contribution < -0.4 is 5.32 Å². The average Bonchev–Trinajstić information content (AvgIpc) is 2.48. The molecular weight excluding hydrogens is 401 g/mol. The molecular formula is C18H30IN3O. The summed E-state index contributed by atoms with van der Waals surface area (Å²) in [5.74, 6) is 1.58. The van der Waals surface area contributed by atoms with Gasteiger partial charge in [0.25, 0.3) is 0 Å². The van der Waals surface area contributed by atoms with Crippen LogP contribution in [0.1, 0.15) is 36.6 Å². The fraction of sp³-hybridized carbons (Fsp3) is 0.611. The van der Waals surface area contributed by atoms with Crippen LogP contribution >= 0.6 is 24.0 Å². The van der Waals surface area contributed by atoms with Crippen molar-refractivity contribution in [2.24, 2.45) is 10.9 Å². The van der Waals surface area contributed by atoms with Crippen LogP contribution in [0.4, 0.5) is 0 Å². The predicted octanol–water partition coefficient (Wildman–Crippen LogP) is 3.53. The summed E-state index contributed by atoms with van der Waals surface area (Å²) in [7, 11) is 1.85. The quantitative estimate of drug-likeness (QED) is 0.452. The molecule has 4 nitrogen and oxygen atoms in total. The number of nitrogens with one attached hydrogen (secondary N) is 1. The molecule has 0 amide bonds. The topological polar surface area (TPSA) is 36.9 Å². The van der Waals surface area contributed by atoms with Crippen LogP contribution in [-0.2, 0) is 4.74 Å². The first-order valence-electron chi connectivity index (χ1n) is 8.15. The van der Waals surface area contributed by atoms with Crippen molar-refractivity contribution >= 4 is 29.9 Å². The standard InChI is InChI=1S/C18H29N3O.HI/c1-13(2)11-20-18(19-5)21-8-9-22-17(12-21)16-7-6-14(3)10-15(16)4;/h6-7,10,13,17H,8-9,11-12H2,1-5H3,(H,19,20);1H. The summed E-state index contributed by atoms with van der Waals surface area (Å²) < 4.78 is 6.01. The number of hydrogen-bond donors (Lipinski definition) is 1. The fourth-order valence-electron chi connectivity index (χ4n) is 2.84. The zero-order valence-electron chi connectivity index (χ0n) is 14.9. The van der Waals surface area contributed by atoms with Crippen molar-refractivity contribution in [3.05, 3.63) is 34.9 Å². The van der Waals surface area contributed by atoms with Crippen LogP contribution in [0.15, 0.2) is 23.2 Å². The van der Waals surface area contributed by atoms with Gasteiger partial charge in [0.15, 0.2) is 5.96 Å². The maximum absolute atomic E-state index is 6.01. The van der Waals surface area contributed by atoms with Crippen LogP contribution in [0.5, 0.6) is 0 Å². The van der Waals surface area contributed by atoms with E-state index in [0.29, 0.717) is 5.92 Å². The Hall–Kier alpha value is -0.820. The first kappa shape index (κ1) is 20.2. The Morgan fingerprint density at radius 1 is 1.39 bits per heavy atom. The number of halogens is 1. The number of guanidine groups is 1. The molecule has 1 aromatic rings. The van der Waals surface area contributed by atoms with E-state index in [1.807, 2.05) is 7.05 Å². The second-order valence-corrected chi connectivity index (χ2v) is 6.49. The highest BCUT2D eigenvalue weighted by atomic mass is 127. The first-order chi connectivity index (χ1) is 10.5. The number of nitrogens with zero attached hydrogens (tertiary/aromatic N) is 2. The van der Waals surface area contributed by atoms with Crippen LogP contribution in [0.2, 0.25) is 0 Å². The van der Waals surface area contributed by atoms with Crippen molar-refractivity contribution in [2.75, 3.05) is 33.3 Å². The summed E-state index contributed by atoms with van der Waals surface area (Å²) >= 11 is 0. The number of hydrogen-bond acceptors (Lipinski definition) is 2. The maximum Gasteiger partial charge on any atom is 0.193 e. The molecule has 23 heavy (non-hydrogen) atoms. The van der Waals surface area contributed by atoms with Gasteiger partial charge in [-0.25, -0.2) is 0 Å². The van der Waals surface area contributed by atoms with Crippen molar-refractivity contribution in [1.82, 2.24) is 10.2 Å². The molecule has 0 radical (unpaired) electrons. The summed E-state index contributed by atoms with van der Waals surface area (Å²) in [5.41, 5.74) is 3.88. The van der Waals surface area contributed by atoms with Gasteiger partial charge in [0, 0.05) is 20.1 Å². The Morgan fingerprint density at radius 2 is 2.13 bits per heavy atom. The van der Waals surface area contributed by atoms with E-state index in [1.54, 1.807) is 0 Å². The van der Waals surface area contributed by atoms with E-state index in [-0.39, 0.29) is 30.1 Å². The number of ether oxygens (including phenoxy) is 1. The average molecular weight is 431 g/mol. The highest BCUT2D eigenvalue weighted by Gasteiger charge is 2.25. The molecule has 1 unspecified atom stereocenters. The van der Waals surface area contributed by atoms with Crippen molar-refractivity contribution in [3.8, 4) is 0 Å². The minimum Gasteiger partial charge on any atom is -0.370 e. The van der Waals surface area contributed by atoms with Crippen molar-refractivity contribution in [1.29, 1.82) is 0 Å². The van der Waals surface area contributed by atoms with E-state index in [4.69, 9.17) is 4.74 Å². The lowest BCUT2D eigenvalue weighted by Gasteiger charge is -2.36. The number of aryl methyl sites for hydroxylation is 2. The van der Waals surface area contributed by atoms with Crippen molar-refractivity contribution in [3.63, 3.8) is 0 Å². The normalized spacial score (nSPS) is 18.8. The third-order valence-electron chi connectivity index (χ3n) is 4.02. The molecule has 1 aliphatic rings. The number of aliphatic imine (C=N–C) groups is 1. The molecule has 0 bridgehead atoms. The zero-order valence-corrected chi connectivity index (χ0v) is 17.3. The smallest absolute Gasteiger partial charge is 0.193 e. The van der Waals surface area contributed by atoms with E-state index < -0.39 is 0 Å². The molecule has 1 saturated heterocycles. The van der Waals surface area contributed by atoms with Crippen LogP contribution in [-0.4, -0.2) is 44.1 Å². The second kappa shape index (κ2) is 9.47. The van der Waals surface area contributed by atoms with E-state index in [1.165, 1.54) is 16.7 Å². The van der Waals surface area contributed by atoms with Crippen molar-refractivity contribution < 1.29 is 4.74 Å². The molecule has 1 N–H and O–H groups in total. The number of benzene rings is 1. The Labute approximate surface area is 157 Å². The summed E-state index contributed by atoms with van der Waals surface area (Å²) in [4.78, 5) is 6.73. The number of morpholine rings is 1. The summed E-state index contributed by atoms with van der Waals surface area (Å²) in [6.07, 6.45) is 0.118. The third kappa shape index (κ3) is 5.64. The van der Waals surface area contributed by atoms with Gasteiger partial charge < -0.3 is 15.0 Å². The second-order valence-electron chi connectivity index (χ2n) is 6.49. The largest absolute Gasteiger partial charge is 0.370 e. The lowest BCUT2D eigenvalue weighted by Crippen LogP contribution is -2.48. The first-order valence-corrected chi connectivity index (χ1v) is 8.15. The van der Waals surface area contributed by atoms with Gasteiger partial charge in [-0.1, -0.05) is 37.6 Å². The van der Waals surface area contributed by atoms with Crippen molar-refractivity contribution in [2.45, 2.75) is 33.8 Å². The van der Waals surface area contributed by atoms with Gasteiger partial charge >= 0.3 is 0 Å². The van der Waals surface area contributed by atoms with E-state index in [0.717, 1.165) is 32.2 Å². The summed E-state index contributed by atoms with van der Waals surface area (Å²) in [6, 6.07) is 6.59. The zero-order chi connectivity index (χ0) is 16.1. The molecule has 0 aromatic heterocycles. The molecule has 0 aliphatic carbocycles. The lowest BCUT2D eigenvalue weighted by atomic mass is 10.00.